The highest BCUT2D eigenvalue weighted by molar-refractivity contribution is 9.10. The normalized spacial score (nSPS) is 10.5. The van der Waals surface area contributed by atoms with Crippen LogP contribution in [0.2, 0.25) is 0 Å². The Hall–Kier alpha value is -2.12. The second-order valence-corrected chi connectivity index (χ2v) is 5.86. The van der Waals surface area contributed by atoms with Crippen molar-refractivity contribution in [1.29, 1.82) is 0 Å². The van der Waals surface area contributed by atoms with Crippen molar-refractivity contribution in [2.45, 2.75) is 0 Å². The number of hydrogen-bond acceptors (Lipinski definition) is 5. The highest BCUT2D eigenvalue weighted by Gasteiger charge is 2.13. The van der Waals surface area contributed by atoms with Crippen molar-refractivity contribution in [2.75, 3.05) is 11.1 Å². The lowest BCUT2D eigenvalue weighted by Crippen LogP contribution is -2.10. The molecule has 1 aromatic carbocycles. The van der Waals surface area contributed by atoms with Crippen molar-refractivity contribution >= 4 is 44.0 Å². The zero-order valence-electron chi connectivity index (χ0n) is 10.7. The minimum Gasteiger partial charge on any atom is -0.444 e. The van der Waals surface area contributed by atoms with Crippen molar-refractivity contribution in [2.24, 2.45) is 0 Å². The van der Waals surface area contributed by atoms with E-state index in [1.807, 2.05) is 29.6 Å². The van der Waals surface area contributed by atoms with Gasteiger partial charge in [0.25, 0.3) is 5.91 Å². The number of nitrogens with two attached hydrogens (primary N) is 1. The van der Waals surface area contributed by atoms with Crippen LogP contribution < -0.4 is 11.1 Å². The summed E-state index contributed by atoms with van der Waals surface area (Å²) in [4.78, 5) is 16.3. The third-order valence-electron chi connectivity index (χ3n) is 2.73. The Morgan fingerprint density at radius 3 is 2.67 bits per heavy atom. The molecule has 0 spiro atoms. The Bertz CT molecular complexity index is 780. The lowest BCUT2D eigenvalue weighted by molar-refractivity contribution is 0.0995. The topological polar surface area (TPSA) is 81.1 Å². The molecule has 0 aliphatic carbocycles. The van der Waals surface area contributed by atoms with Crippen LogP contribution in [0.25, 0.3) is 11.3 Å². The molecule has 1 amide bonds. The number of carbonyl (C=O) groups excluding carboxylic acids is 1. The van der Waals surface area contributed by atoms with Gasteiger partial charge in [-0.15, -0.1) is 11.3 Å². The fourth-order valence-corrected chi connectivity index (χ4v) is 2.73. The largest absolute Gasteiger partial charge is 0.444 e. The van der Waals surface area contributed by atoms with Crippen LogP contribution >= 0.6 is 27.3 Å². The van der Waals surface area contributed by atoms with Crippen LogP contribution in [0, 0.1) is 0 Å². The smallest absolute Gasteiger partial charge is 0.293 e. The van der Waals surface area contributed by atoms with E-state index < -0.39 is 0 Å². The van der Waals surface area contributed by atoms with Crippen LogP contribution in [0.5, 0.6) is 0 Å². The van der Waals surface area contributed by atoms with E-state index in [0.717, 1.165) is 11.3 Å². The number of thiazole rings is 1. The van der Waals surface area contributed by atoms with E-state index in [2.05, 4.69) is 26.2 Å². The van der Waals surface area contributed by atoms with Gasteiger partial charge in [0, 0.05) is 16.6 Å². The maximum Gasteiger partial charge on any atom is 0.293 e. The molecule has 21 heavy (non-hydrogen) atoms. The first-order valence-corrected chi connectivity index (χ1v) is 7.67. The molecule has 0 saturated carbocycles. The van der Waals surface area contributed by atoms with Gasteiger partial charge in [0.15, 0.2) is 15.6 Å². The molecular weight excluding hydrogens is 354 g/mol. The predicted octanol–water partition coefficient (Wildman–Crippen LogP) is 4.00. The number of furan rings is 1. The predicted molar refractivity (Wildman–Crippen MR) is 86.3 cm³/mol. The first-order chi connectivity index (χ1) is 10.1. The van der Waals surface area contributed by atoms with E-state index in [4.69, 9.17) is 10.2 Å². The Morgan fingerprint density at radius 1 is 1.24 bits per heavy atom. The highest BCUT2D eigenvalue weighted by Crippen LogP contribution is 2.26. The Morgan fingerprint density at radius 2 is 2.00 bits per heavy atom. The number of hydrogen-bond donors (Lipinski definition) is 2. The fraction of sp³-hybridized carbons (Fsp3) is 0. The average molecular weight is 364 g/mol. The Labute approximate surface area is 132 Å². The van der Waals surface area contributed by atoms with Gasteiger partial charge in [-0.3, -0.25) is 10.1 Å². The SMILES string of the molecule is Nc1ccc(-c2csc(NC(=O)c3ccc(Br)o3)n2)cc1. The van der Waals surface area contributed by atoms with Crippen molar-refractivity contribution < 1.29 is 9.21 Å². The van der Waals surface area contributed by atoms with E-state index in [1.54, 1.807) is 12.1 Å². The summed E-state index contributed by atoms with van der Waals surface area (Å²) in [6.45, 7) is 0. The monoisotopic (exact) mass is 363 g/mol. The third kappa shape index (κ3) is 3.14. The summed E-state index contributed by atoms with van der Waals surface area (Å²) in [6, 6.07) is 10.7. The van der Waals surface area contributed by atoms with Gasteiger partial charge in [0.05, 0.1) is 5.69 Å². The van der Waals surface area contributed by atoms with Gasteiger partial charge in [-0.2, -0.15) is 0 Å². The summed E-state index contributed by atoms with van der Waals surface area (Å²) < 4.78 is 5.70. The molecule has 0 aliphatic heterocycles. The number of nitrogens with one attached hydrogen (secondary N) is 1. The Kier molecular flexibility index (Phi) is 3.76. The molecular formula is C14H10BrN3O2S. The first kappa shape index (κ1) is 13.8. The zero-order valence-corrected chi connectivity index (χ0v) is 13.1. The number of halogens is 1. The number of benzene rings is 1. The van der Waals surface area contributed by atoms with E-state index in [0.29, 0.717) is 15.5 Å². The lowest BCUT2D eigenvalue weighted by Gasteiger charge is -1.98. The van der Waals surface area contributed by atoms with Crippen molar-refractivity contribution in [3.8, 4) is 11.3 Å². The average Bonchev–Trinajstić information content (AvgIpc) is 3.09. The number of aromatic nitrogens is 1. The van der Waals surface area contributed by atoms with Crippen LogP contribution in [0.4, 0.5) is 10.8 Å². The van der Waals surface area contributed by atoms with Crippen LogP contribution in [0.1, 0.15) is 10.6 Å². The second kappa shape index (κ2) is 5.71. The van der Waals surface area contributed by atoms with Gasteiger partial charge in [-0.05, 0) is 40.2 Å². The summed E-state index contributed by atoms with van der Waals surface area (Å²) >= 11 is 4.51. The second-order valence-electron chi connectivity index (χ2n) is 4.22. The number of carbonyl (C=O) groups is 1. The van der Waals surface area contributed by atoms with Crippen LogP contribution in [0.15, 0.2) is 50.9 Å². The zero-order chi connectivity index (χ0) is 14.8. The van der Waals surface area contributed by atoms with Gasteiger partial charge in [0.2, 0.25) is 0 Å². The molecule has 3 rings (SSSR count). The Balaban J connectivity index is 1.76. The molecule has 0 atom stereocenters. The molecule has 5 nitrogen and oxygen atoms in total. The van der Waals surface area contributed by atoms with E-state index in [1.165, 1.54) is 11.3 Å². The summed E-state index contributed by atoms with van der Waals surface area (Å²) in [5.74, 6) is -0.106. The maximum absolute atomic E-state index is 11.9. The molecule has 0 saturated heterocycles. The molecule has 0 radical (unpaired) electrons. The lowest BCUT2D eigenvalue weighted by atomic mass is 10.1. The molecule has 2 heterocycles. The third-order valence-corrected chi connectivity index (χ3v) is 3.91. The van der Waals surface area contributed by atoms with E-state index >= 15 is 0 Å². The minimum absolute atomic E-state index is 0.228. The van der Waals surface area contributed by atoms with Crippen LogP contribution in [-0.4, -0.2) is 10.9 Å². The quantitative estimate of drug-likeness (QED) is 0.689. The van der Waals surface area contributed by atoms with E-state index in [-0.39, 0.29) is 11.7 Å². The van der Waals surface area contributed by atoms with Gasteiger partial charge >= 0.3 is 0 Å². The molecule has 3 N–H and O–H groups in total. The number of anilines is 2. The van der Waals surface area contributed by atoms with Gasteiger partial charge in [-0.1, -0.05) is 12.1 Å². The summed E-state index contributed by atoms with van der Waals surface area (Å²) in [6.07, 6.45) is 0. The summed E-state index contributed by atoms with van der Waals surface area (Å²) in [5.41, 5.74) is 8.09. The van der Waals surface area contributed by atoms with Crippen molar-refractivity contribution in [3.63, 3.8) is 0 Å². The minimum atomic E-state index is -0.334. The van der Waals surface area contributed by atoms with Gasteiger partial charge < -0.3 is 10.2 Å². The maximum atomic E-state index is 11.9. The summed E-state index contributed by atoms with van der Waals surface area (Å²) in [5, 5.41) is 5.09. The molecule has 3 aromatic rings. The van der Waals surface area contributed by atoms with E-state index in [9.17, 15) is 4.79 Å². The molecule has 7 heteroatoms. The highest BCUT2D eigenvalue weighted by atomic mass is 79.9. The number of nitrogens with zero attached hydrogens (tertiary/aromatic N) is 1. The first-order valence-electron chi connectivity index (χ1n) is 6.00. The van der Waals surface area contributed by atoms with Crippen molar-refractivity contribution in [1.82, 2.24) is 4.98 Å². The molecule has 0 unspecified atom stereocenters. The molecule has 0 aliphatic rings. The molecule has 0 bridgehead atoms. The van der Waals surface area contributed by atoms with Gasteiger partial charge in [0.1, 0.15) is 0 Å². The fourth-order valence-electron chi connectivity index (χ4n) is 1.71. The van der Waals surface area contributed by atoms with Crippen molar-refractivity contribution in [3.05, 3.63) is 52.2 Å². The number of nitrogen functional groups attached to an aromatic ring is 1. The standard InChI is InChI=1S/C14H10BrN3O2S/c15-12-6-5-11(20-12)13(19)18-14-17-10(7-21-14)8-1-3-9(16)4-2-8/h1-7H,16H2,(H,17,18,19). The summed E-state index contributed by atoms with van der Waals surface area (Å²) in [7, 11) is 0. The van der Waals surface area contributed by atoms with Crippen LogP contribution in [-0.2, 0) is 0 Å². The molecule has 106 valence electrons. The molecule has 2 aromatic heterocycles. The number of amides is 1. The number of rotatable bonds is 3. The van der Waals surface area contributed by atoms with Crippen LogP contribution in [0.3, 0.4) is 0 Å². The van der Waals surface area contributed by atoms with Gasteiger partial charge in [-0.25, -0.2) is 4.98 Å². The molecule has 0 fully saturated rings.